The molecular weight excluding hydrogens is 319 g/mol. The Morgan fingerprint density at radius 1 is 1.48 bits per heavy atom. The van der Waals surface area contributed by atoms with Crippen LogP contribution in [-0.2, 0) is 16.4 Å². The van der Waals surface area contributed by atoms with Crippen molar-refractivity contribution < 1.29 is 17.6 Å². The fraction of sp³-hybridized carbons (Fsp3) is 0.462. The first-order valence-corrected chi connectivity index (χ1v) is 8.65. The predicted octanol–water partition coefficient (Wildman–Crippen LogP) is 2.05. The quantitative estimate of drug-likeness (QED) is 0.895. The summed E-state index contributed by atoms with van der Waals surface area (Å²) in [6.07, 6.45) is 1.11. The maximum atomic E-state index is 13.3. The number of carbonyl (C=O) groups excluding carboxylic acids is 1. The van der Waals surface area contributed by atoms with Gasteiger partial charge in [-0.05, 0) is 24.6 Å². The van der Waals surface area contributed by atoms with E-state index in [-0.39, 0.29) is 17.3 Å². The SMILES string of the molecule is C[C@@H](CS(C)(=O)=O)NC(=O)N(C)Cc1ccc(Cl)c(F)c1. The first-order chi connectivity index (χ1) is 9.58. The molecule has 0 fully saturated rings. The molecule has 118 valence electrons. The van der Waals surface area contributed by atoms with E-state index in [1.807, 2.05) is 0 Å². The van der Waals surface area contributed by atoms with E-state index < -0.39 is 27.7 Å². The Balaban J connectivity index is 2.60. The monoisotopic (exact) mass is 336 g/mol. The molecule has 1 atom stereocenters. The molecule has 0 unspecified atom stereocenters. The molecule has 21 heavy (non-hydrogen) atoms. The number of hydrogen-bond acceptors (Lipinski definition) is 3. The molecule has 0 saturated heterocycles. The maximum Gasteiger partial charge on any atom is 0.317 e. The number of nitrogens with one attached hydrogen (secondary N) is 1. The van der Waals surface area contributed by atoms with Crippen LogP contribution in [0.3, 0.4) is 0 Å². The van der Waals surface area contributed by atoms with Crippen molar-refractivity contribution in [3.63, 3.8) is 0 Å². The van der Waals surface area contributed by atoms with Gasteiger partial charge in [0.2, 0.25) is 0 Å². The van der Waals surface area contributed by atoms with E-state index in [1.165, 1.54) is 24.1 Å². The number of halogens is 2. The molecule has 5 nitrogen and oxygen atoms in total. The highest BCUT2D eigenvalue weighted by atomic mass is 35.5. The van der Waals surface area contributed by atoms with Crippen molar-refractivity contribution in [1.29, 1.82) is 0 Å². The minimum atomic E-state index is -3.16. The molecule has 2 amide bonds. The normalized spacial score (nSPS) is 12.8. The molecule has 0 spiro atoms. The van der Waals surface area contributed by atoms with E-state index in [2.05, 4.69) is 5.32 Å². The lowest BCUT2D eigenvalue weighted by molar-refractivity contribution is 0.204. The topological polar surface area (TPSA) is 66.5 Å². The lowest BCUT2D eigenvalue weighted by Gasteiger charge is -2.21. The summed E-state index contributed by atoms with van der Waals surface area (Å²) in [6.45, 7) is 1.79. The van der Waals surface area contributed by atoms with E-state index in [4.69, 9.17) is 11.6 Å². The molecule has 0 saturated carbocycles. The number of hydrogen-bond donors (Lipinski definition) is 1. The maximum absolute atomic E-state index is 13.3. The van der Waals surface area contributed by atoms with E-state index >= 15 is 0 Å². The van der Waals surface area contributed by atoms with E-state index in [9.17, 15) is 17.6 Å². The van der Waals surface area contributed by atoms with Crippen LogP contribution in [0.2, 0.25) is 5.02 Å². The molecular formula is C13H18ClFN2O3S. The zero-order chi connectivity index (χ0) is 16.2. The summed E-state index contributed by atoms with van der Waals surface area (Å²) in [4.78, 5) is 13.2. The second kappa shape index (κ2) is 7.09. The smallest absolute Gasteiger partial charge is 0.317 e. The average molecular weight is 337 g/mol. The summed E-state index contributed by atoms with van der Waals surface area (Å²) in [5.74, 6) is -0.685. The van der Waals surface area contributed by atoms with E-state index in [1.54, 1.807) is 13.0 Å². The Bertz CT molecular complexity index is 622. The third kappa shape index (κ3) is 6.31. The number of urea groups is 1. The average Bonchev–Trinajstić information content (AvgIpc) is 2.31. The lowest BCUT2D eigenvalue weighted by atomic mass is 10.2. The molecule has 8 heteroatoms. The van der Waals surface area contributed by atoms with Crippen LogP contribution in [0.1, 0.15) is 12.5 Å². The van der Waals surface area contributed by atoms with Crippen molar-refractivity contribution in [2.24, 2.45) is 0 Å². The van der Waals surface area contributed by atoms with Crippen molar-refractivity contribution in [1.82, 2.24) is 10.2 Å². The van der Waals surface area contributed by atoms with Crippen LogP contribution in [0.25, 0.3) is 0 Å². The summed E-state index contributed by atoms with van der Waals surface area (Å²) in [6, 6.07) is 3.37. The van der Waals surface area contributed by atoms with Crippen LogP contribution in [0.4, 0.5) is 9.18 Å². The van der Waals surface area contributed by atoms with Gasteiger partial charge in [0, 0.05) is 25.9 Å². The number of benzene rings is 1. The van der Waals surface area contributed by atoms with Gasteiger partial charge in [-0.15, -0.1) is 0 Å². The second-order valence-electron chi connectivity index (χ2n) is 5.05. The molecule has 1 aromatic rings. The molecule has 0 aliphatic rings. The van der Waals surface area contributed by atoms with Crippen LogP contribution in [0, 0.1) is 5.82 Å². The number of rotatable bonds is 5. The summed E-state index contributed by atoms with van der Waals surface area (Å²) in [7, 11) is -1.62. The van der Waals surface area contributed by atoms with Crippen molar-refractivity contribution in [2.75, 3.05) is 19.1 Å². The van der Waals surface area contributed by atoms with Crippen LogP contribution < -0.4 is 5.32 Å². The van der Waals surface area contributed by atoms with Gasteiger partial charge in [0.25, 0.3) is 0 Å². The zero-order valence-corrected chi connectivity index (χ0v) is 13.6. The summed E-state index contributed by atoms with van der Waals surface area (Å²) >= 11 is 5.59. The first kappa shape index (κ1) is 17.7. The number of sulfone groups is 1. The molecule has 0 radical (unpaired) electrons. The Morgan fingerprint density at radius 3 is 2.62 bits per heavy atom. The standard InChI is InChI=1S/C13H18ClFN2O3S/c1-9(8-21(3,19)20)16-13(18)17(2)7-10-4-5-11(14)12(15)6-10/h4-6,9H,7-8H2,1-3H3,(H,16,18)/t9-/m0/s1. The molecule has 0 aromatic heterocycles. The fourth-order valence-corrected chi connectivity index (χ4v) is 2.91. The zero-order valence-electron chi connectivity index (χ0n) is 12.1. The molecule has 1 aromatic carbocycles. The number of carbonyl (C=O) groups is 1. The van der Waals surface area contributed by atoms with Crippen molar-refractivity contribution in [3.05, 3.63) is 34.6 Å². The van der Waals surface area contributed by atoms with Crippen LogP contribution >= 0.6 is 11.6 Å². The van der Waals surface area contributed by atoms with Crippen LogP contribution in [0.5, 0.6) is 0 Å². The highest BCUT2D eigenvalue weighted by molar-refractivity contribution is 7.90. The van der Waals surface area contributed by atoms with Gasteiger partial charge in [-0.25, -0.2) is 17.6 Å². The first-order valence-electron chi connectivity index (χ1n) is 6.22. The number of amides is 2. The fourth-order valence-electron chi connectivity index (χ4n) is 1.80. The second-order valence-corrected chi connectivity index (χ2v) is 7.64. The molecule has 0 bridgehead atoms. The predicted molar refractivity (Wildman–Crippen MR) is 80.6 cm³/mol. The van der Waals surface area contributed by atoms with Gasteiger partial charge < -0.3 is 10.2 Å². The van der Waals surface area contributed by atoms with Gasteiger partial charge in [0.15, 0.2) is 0 Å². The molecule has 0 aliphatic heterocycles. The third-order valence-corrected chi connectivity index (χ3v) is 4.09. The van der Waals surface area contributed by atoms with Gasteiger partial charge >= 0.3 is 6.03 Å². The molecule has 1 rings (SSSR count). The highest BCUT2D eigenvalue weighted by Crippen LogP contribution is 2.16. The van der Waals surface area contributed by atoms with Gasteiger partial charge in [-0.1, -0.05) is 17.7 Å². The Hall–Kier alpha value is -1.34. The highest BCUT2D eigenvalue weighted by Gasteiger charge is 2.16. The Kier molecular flexibility index (Phi) is 5.98. The summed E-state index contributed by atoms with van der Waals surface area (Å²) in [5, 5.41) is 2.59. The van der Waals surface area contributed by atoms with Gasteiger partial charge in [-0.3, -0.25) is 0 Å². The number of nitrogens with zero attached hydrogens (tertiary/aromatic N) is 1. The van der Waals surface area contributed by atoms with Crippen molar-refractivity contribution in [2.45, 2.75) is 19.5 Å². The third-order valence-electron chi connectivity index (χ3n) is 2.67. The molecule has 1 N–H and O–H groups in total. The Morgan fingerprint density at radius 2 is 2.10 bits per heavy atom. The summed E-state index contributed by atoms with van der Waals surface area (Å²) < 4.78 is 35.6. The van der Waals surface area contributed by atoms with Gasteiger partial charge in [0.1, 0.15) is 15.7 Å². The molecule has 0 aliphatic carbocycles. The van der Waals surface area contributed by atoms with Crippen molar-refractivity contribution in [3.8, 4) is 0 Å². The van der Waals surface area contributed by atoms with Crippen LogP contribution in [0.15, 0.2) is 18.2 Å². The van der Waals surface area contributed by atoms with Gasteiger partial charge in [0.05, 0.1) is 10.8 Å². The van der Waals surface area contributed by atoms with E-state index in [0.717, 1.165) is 6.26 Å². The summed E-state index contributed by atoms with van der Waals surface area (Å²) in [5.41, 5.74) is 0.588. The minimum Gasteiger partial charge on any atom is -0.335 e. The largest absolute Gasteiger partial charge is 0.335 e. The van der Waals surface area contributed by atoms with Crippen molar-refractivity contribution >= 4 is 27.5 Å². The molecule has 0 heterocycles. The van der Waals surface area contributed by atoms with Crippen LogP contribution in [-0.4, -0.2) is 44.4 Å². The Labute approximate surface area is 129 Å². The van der Waals surface area contributed by atoms with E-state index in [0.29, 0.717) is 5.56 Å². The minimum absolute atomic E-state index is 0.0210. The lowest BCUT2D eigenvalue weighted by Crippen LogP contribution is -2.44. The van der Waals surface area contributed by atoms with Gasteiger partial charge in [-0.2, -0.15) is 0 Å².